The van der Waals surface area contributed by atoms with E-state index in [1.165, 1.54) is 0 Å². The van der Waals surface area contributed by atoms with E-state index in [0.29, 0.717) is 0 Å². The first-order valence-electron chi connectivity index (χ1n) is 8.89. The Labute approximate surface area is 157 Å². The summed E-state index contributed by atoms with van der Waals surface area (Å²) in [5.41, 5.74) is -0.933. The molecule has 2 heterocycles. The third-order valence-corrected chi connectivity index (χ3v) is 6.03. The Morgan fingerprint density at radius 3 is 2.38 bits per heavy atom. The van der Waals surface area contributed by atoms with Crippen LogP contribution >= 0.6 is 0 Å². The van der Waals surface area contributed by atoms with Crippen LogP contribution in [0.3, 0.4) is 0 Å². The van der Waals surface area contributed by atoms with Crippen LogP contribution in [0.2, 0.25) is 13.1 Å². The topological polar surface area (TPSA) is 77.5 Å². The highest BCUT2D eigenvalue weighted by Gasteiger charge is 2.59. The third kappa shape index (κ3) is 3.99. The van der Waals surface area contributed by atoms with E-state index in [4.69, 9.17) is 9.16 Å². The van der Waals surface area contributed by atoms with Crippen LogP contribution in [0, 0.1) is 17.3 Å². The number of rotatable bonds is 6. The van der Waals surface area contributed by atoms with Gasteiger partial charge in [-0.3, -0.25) is 9.59 Å². The standard InChI is InChI=1S/C19H29N2O4Si/c1-12(17(23)24-13-10-8-9-11-20-13)15-14(16(22)21-15)19(5,18(2,3)4)25-26(6)7/h8-12,14-15H,1-7H3,(H,21,22)/t12-,14-,15-,19-/m1/s1. The predicted molar refractivity (Wildman–Crippen MR) is 101 cm³/mol. The van der Waals surface area contributed by atoms with Crippen LogP contribution in [0.1, 0.15) is 34.6 Å². The van der Waals surface area contributed by atoms with Gasteiger partial charge in [-0.2, -0.15) is 0 Å². The van der Waals surface area contributed by atoms with Gasteiger partial charge in [-0.25, -0.2) is 4.98 Å². The van der Waals surface area contributed by atoms with E-state index in [1.54, 1.807) is 31.3 Å². The molecule has 1 N–H and O–H groups in total. The summed E-state index contributed by atoms with van der Waals surface area (Å²) in [7, 11) is -1.04. The molecule has 143 valence electrons. The molecule has 0 unspecified atom stereocenters. The number of carbonyl (C=O) groups is 2. The van der Waals surface area contributed by atoms with Gasteiger partial charge < -0.3 is 14.5 Å². The molecule has 0 spiro atoms. The van der Waals surface area contributed by atoms with Crippen molar-refractivity contribution in [2.75, 3.05) is 0 Å². The summed E-state index contributed by atoms with van der Waals surface area (Å²) in [5.74, 6) is -1.14. The van der Waals surface area contributed by atoms with Gasteiger partial charge in [0.05, 0.1) is 23.5 Å². The predicted octanol–water partition coefficient (Wildman–Crippen LogP) is 2.81. The van der Waals surface area contributed by atoms with E-state index >= 15 is 0 Å². The van der Waals surface area contributed by atoms with Crippen molar-refractivity contribution < 1.29 is 18.8 Å². The smallest absolute Gasteiger partial charge is 0.317 e. The van der Waals surface area contributed by atoms with Crippen LogP contribution < -0.4 is 10.1 Å². The number of aromatic nitrogens is 1. The molecular weight excluding hydrogens is 348 g/mol. The van der Waals surface area contributed by atoms with Crippen molar-refractivity contribution >= 4 is 20.9 Å². The number of nitrogens with one attached hydrogen (secondary N) is 1. The van der Waals surface area contributed by atoms with E-state index in [2.05, 4.69) is 44.2 Å². The zero-order chi connectivity index (χ0) is 19.7. The molecule has 1 aromatic rings. The average molecular weight is 378 g/mol. The van der Waals surface area contributed by atoms with Gasteiger partial charge in [0.15, 0.2) is 0 Å². The number of amides is 1. The Morgan fingerprint density at radius 1 is 1.27 bits per heavy atom. The zero-order valence-electron chi connectivity index (χ0n) is 16.6. The third-order valence-electron chi connectivity index (χ3n) is 5.20. The van der Waals surface area contributed by atoms with Crippen LogP contribution in [0.5, 0.6) is 5.88 Å². The maximum Gasteiger partial charge on any atom is 0.317 e. The summed E-state index contributed by atoms with van der Waals surface area (Å²) >= 11 is 0. The molecule has 0 saturated carbocycles. The molecule has 0 aliphatic carbocycles. The van der Waals surface area contributed by atoms with Gasteiger partial charge in [0.1, 0.15) is 0 Å². The Balaban J connectivity index is 2.21. The van der Waals surface area contributed by atoms with Gasteiger partial charge in [0.2, 0.25) is 20.8 Å². The van der Waals surface area contributed by atoms with E-state index in [0.717, 1.165) is 0 Å². The van der Waals surface area contributed by atoms with Crippen molar-refractivity contribution in [2.24, 2.45) is 17.3 Å². The molecule has 1 amide bonds. The lowest BCUT2D eigenvalue weighted by atomic mass is 9.62. The van der Waals surface area contributed by atoms with Gasteiger partial charge in [-0.15, -0.1) is 0 Å². The number of ether oxygens (including phenoxy) is 1. The van der Waals surface area contributed by atoms with Crippen LogP contribution in [-0.4, -0.2) is 37.5 Å². The number of hydrogen-bond acceptors (Lipinski definition) is 5. The maximum absolute atomic E-state index is 12.5. The van der Waals surface area contributed by atoms with Crippen LogP contribution in [0.25, 0.3) is 0 Å². The van der Waals surface area contributed by atoms with Gasteiger partial charge in [0, 0.05) is 12.3 Å². The van der Waals surface area contributed by atoms with E-state index in [-0.39, 0.29) is 23.2 Å². The first-order chi connectivity index (χ1) is 12.0. The summed E-state index contributed by atoms with van der Waals surface area (Å²) in [6.07, 6.45) is 1.57. The lowest BCUT2D eigenvalue weighted by molar-refractivity contribution is -0.166. The summed E-state index contributed by atoms with van der Waals surface area (Å²) in [6.45, 7) is 14.1. The summed E-state index contributed by atoms with van der Waals surface area (Å²) < 4.78 is 11.7. The molecular formula is C19H29N2O4Si. The molecule has 4 atom stereocenters. The van der Waals surface area contributed by atoms with Gasteiger partial charge in [-0.05, 0) is 38.4 Å². The number of β-lactam (4-membered cyclic amide) rings is 1. The van der Waals surface area contributed by atoms with Crippen molar-refractivity contribution in [3.63, 3.8) is 0 Å². The quantitative estimate of drug-likeness (QED) is 0.469. The zero-order valence-corrected chi connectivity index (χ0v) is 17.6. The van der Waals surface area contributed by atoms with Crippen molar-refractivity contribution in [2.45, 2.75) is 59.4 Å². The first kappa shape index (κ1) is 20.6. The summed E-state index contributed by atoms with van der Waals surface area (Å²) in [4.78, 5) is 29.0. The normalized spacial score (nSPS) is 23.6. The van der Waals surface area contributed by atoms with Crippen molar-refractivity contribution in [3.8, 4) is 5.88 Å². The van der Waals surface area contributed by atoms with Crippen molar-refractivity contribution in [1.82, 2.24) is 10.3 Å². The molecule has 1 radical (unpaired) electrons. The van der Waals surface area contributed by atoms with Gasteiger partial charge in [-0.1, -0.05) is 26.8 Å². The minimum Gasteiger partial charge on any atom is -0.411 e. The number of esters is 1. The minimum absolute atomic E-state index is 0.0758. The second-order valence-corrected chi connectivity index (χ2v) is 10.3. The molecule has 1 aliphatic heterocycles. The highest BCUT2D eigenvalue weighted by molar-refractivity contribution is 6.48. The number of pyridine rings is 1. The van der Waals surface area contributed by atoms with E-state index < -0.39 is 32.4 Å². The molecule has 2 rings (SSSR count). The van der Waals surface area contributed by atoms with Gasteiger partial charge in [0.25, 0.3) is 0 Å². The summed E-state index contributed by atoms with van der Waals surface area (Å²) in [6, 6.07) is 4.81. The first-order valence-corrected chi connectivity index (χ1v) is 11.3. The van der Waals surface area contributed by atoms with Crippen LogP contribution in [-0.2, 0) is 14.0 Å². The maximum atomic E-state index is 12.5. The molecule has 0 aromatic carbocycles. The lowest BCUT2D eigenvalue weighted by Crippen LogP contribution is -2.72. The summed E-state index contributed by atoms with van der Waals surface area (Å²) in [5, 5.41) is 2.88. The molecule has 0 bridgehead atoms. The van der Waals surface area contributed by atoms with Crippen LogP contribution in [0.15, 0.2) is 24.4 Å². The fourth-order valence-corrected chi connectivity index (χ4v) is 4.55. The number of hydrogen-bond donors (Lipinski definition) is 1. The van der Waals surface area contributed by atoms with E-state index in [1.807, 2.05) is 6.92 Å². The second-order valence-electron chi connectivity index (χ2n) is 8.26. The van der Waals surface area contributed by atoms with Crippen LogP contribution in [0.4, 0.5) is 0 Å². The average Bonchev–Trinajstić information content (AvgIpc) is 2.50. The SMILES string of the molecule is C[C@@H](C(=O)Oc1ccccn1)[C@H]1NC(=O)[C@@H]1[C@@](C)(O[Si](C)C)C(C)(C)C. The Hall–Kier alpha value is -1.73. The van der Waals surface area contributed by atoms with E-state index in [9.17, 15) is 9.59 Å². The van der Waals surface area contributed by atoms with Gasteiger partial charge >= 0.3 is 5.97 Å². The molecule has 1 saturated heterocycles. The van der Waals surface area contributed by atoms with Crippen molar-refractivity contribution in [1.29, 1.82) is 0 Å². The molecule has 26 heavy (non-hydrogen) atoms. The molecule has 1 aliphatic rings. The minimum atomic E-state index is -1.04. The Bertz CT molecular complexity index is 659. The fraction of sp³-hybridized carbons (Fsp3) is 0.632. The monoisotopic (exact) mass is 377 g/mol. The highest BCUT2D eigenvalue weighted by atomic mass is 28.3. The lowest BCUT2D eigenvalue weighted by Gasteiger charge is -2.55. The second kappa shape index (κ2) is 7.48. The molecule has 1 aromatic heterocycles. The Morgan fingerprint density at radius 2 is 1.92 bits per heavy atom. The molecule has 7 heteroatoms. The number of carbonyl (C=O) groups excluding carboxylic acids is 2. The molecule has 6 nitrogen and oxygen atoms in total. The fourth-order valence-electron chi connectivity index (χ4n) is 3.27. The number of nitrogens with zero attached hydrogens (tertiary/aromatic N) is 1. The largest absolute Gasteiger partial charge is 0.411 e. The molecule has 1 fully saturated rings. The van der Waals surface area contributed by atoms with Crippen molar-refractivity contribution in [3.05, 3.63) is 24.4 Å². The Kier molecular flexibility index (Phi) is 5.92. The highest BCUT2D eigenvalue weighted by Crippen LogP contribution is 2.46.